The molecule has 0 aliphatic heterocycles. The normalized spacial score (nSPS) is 10.2. The molecule has 0 atom stereocenters. The largest absolute Gasteiger partial charge is 0.422 e. The van der Waals surface area contributed by atoms with Crippen molar-refractivity contribution >= 4 is 17.1 Å². The number of benzene rings is 2. The highest BCUT2D eigenvalue weighted by molar-refractivity contribution is 5.85. The van der Waals surface area contributed by atoms with E-state index in [0.717, 1.165) is 12.1 Å². The maximum atomic E-state index is 11.3. The lowest BCUT2D eigenvalue weighted by Gasteiger charge is -2.07. The Bertz CT molecular complexity index is 802. The van der Waals surface area contributed by atoms with Gasteiger partial charge in [-0.3, -0.25) is 30.3 Å². The fourth-order valence-electron chi connectivity index (χ4n) is 2.17. The maximum Gasteiger partial charge on any atom is 0.422 e. The molecule has 0 aromatic heterocycles. The molecule has 112 valence electrons. The lowest BCUT2D eigenvalue weighted by Crippen LogP contribution is -2.03. The van der Waals surface area contributed by atoms with Gasteiger partial charge in [0.15, 0.2) is 0 Å². The first kappa shape index (κ1) is 15.0. The second kappa shape index (κ2) is 5.56. The Hall–Kier alpha value is -3.36. The fraction of sp³-hybridized carbons (Fsp3) is 0.0769. The van der Waals surface area contributed by atoms with E-state index < -0.39 is 31.8 Å². The first-order chi connectivity index (χ1) is 10.3. The van der Waals surface area contributed by atoms with Gasteiger partial charge < -0.3 is 0 Å². The summed E-state index contributed by atoms with van der Waals surface area (Å²) in [5.41, 5.74) is -1.86. The Morgan fingerprint density at radius 2 is 1.32 bits per heavy atom. The van der Waals surface area contributed by atoms with Crippen LogP contribution in [0.1, 0.15) is 5.56 Å². The van der Waals surface area contributed by atoms with E-state index in [1.807, 2.05) is 0 Å². The standard InChI is InChI=1S/C13H9N3O6/c1-8-4-2-3-5-9(8)10-6-7-11(14(17)18)13(16(21)22)12(10)15(19)20/h2-7H,1H3. The number of nitro benzene ring substituents is 3. The van der Waals surface area contributed by atoms with Crippen molar-refractivity contribution in [3.05, 3.63) is 72.3 Å². The van der Waals surface area contributed by atoms with Crippen LogP contribution in [0.4, 0.5) is 17.1 Å². The molecule has 0 saturated heterocycles. The Morgan fingerprint density at radius 1 is 0.727 bits per heavy atom. The molecule has 22 heavy (non-hydrogen) atoms. The highest BCUT2D eigenvalue weighted by Gasteiger charge is 2.39. The summed E-state index contributed by atoms with van der Waals surface area (Å²) >= 11 is 0. The molecule has 0 N–H and O–H groups in total. The van der Waals surface area contributed by atoms with E-state index in [2.05, 4.69) is 0 Å². The number of rotatable bonds is 4. The minimum atomic E-state index is -1.12. The van der Waals surface area contributed by atoms with E-state index in [4.69, 9.17) is 0 Å². The van der Waals surface area contributed by atoms with Crippen LogP contribution in [0.3, 0.4) is 0 Å². The van der Waals surface area contributed by atoms with Gasteiger partial charge in [-0.05, 0) is 24.1 Å². The average Bonchev–Trinajstić information content (AvgIpc) is 2.45. The number of aryl methyl sites for hydroxylation is 1. The molecule has 2 aromatic carbocycles. The summed E-state index contributed by atoms with van der Waals surface area (Å²) in [6, 6.07) is 8.65. The molecular formula is C13H9N3O6. The number of hydrogen-bond donors (Lipinski definition) is 0. The van der Waals surface area contributed by atoms with Crippen LogP contribution in [-0.2, 0) is 0 Å². The Morgan fingerprint density at radius 3 is 1.82 bits per heavy atom. The van der Waals surface area contributed by atoms with Gasteiger partial charge in [0.2, 0.25) is 0 Å². The molecule has 9 heteroatoms. The van der Waals surface area contributed by atoms with Crippen LogP contribution in [0, 0.1) is 37.3 Å². The molecule has 9 nitrogen and oxygen atoms in total. The SMILES string of the molecule is Cc1ccccc1-c1ccc([N+](=O)[O-])c([N+](=O)[O-])c1[N+](=O)[O-]. The summed E-state index contributed by atoms with van der Waals surface area (Å²) in [6.07, 6.45) is 0. The third-order valence-corrected chi connectivity index (χ3v) is 3.13. The molecule has 2 aromatic rings. The monoisotopic (exact) mass is 303 g/mol. The van der Waals surface area contributed by atoms with Gasteiger partial charge in [0.25, 0.3) is 0 Å². The summed E-state index contributed by atoms with van der Waals surface area (Å²) in [5.74, 6) is 0. The van der Waals surface area contributed by atoms with Crippen LogP contribution in [0.25, 0.3) is 11.1 Å². The summed E-state index contributed by atoms with van der Waals surface area (Å²) in [5, 5.41) is 33.3. The van der Waals surface area contributed by atoms with Crippen molar-refractivity contribution in [2.24, 2.45) is 0 Å². The van der Waals surface area contributed by atoms with Crippen molar-refractivity contribution in [3.63, 3.8) is 0 Å². The topological polar surface area (TPSA) is 129 Å². The molecule has 0 heterocycles. The molecule has 0 saturated carbocycles. The van der Waals surface area contributed by atoms with Crippen molar-refractivity contribution < 1.29 is 14.8 Å². The van der Waals surface area contributed by atoms with E-state index in [1.54, 1.807) is 31.2 Å². The highest BCUT2D eigenvalue weighted by atomic mass is 16.6. The minimum Gasteiger partial charge on any atom is -0.258 e. The summed E-state index contributed by atoms with van der Waals surface area (Å²) in [4.78, 5) is 30.2. The van der Waals surface area contributed by atoms with Crippen LogP contribution < -0.4 is 0 Å². The van der Waals surface area contributed by atoms with E-state index in [1.165, 1.54) is 0 Å². The Kier molecular flexibility index (Phi) is 3.80. The zero-order chi connectivity index (χ0) is 16.4. The van der Waals surface area contributed by atoms with E-state index in [0.29, 0.717) is 11.1 Å². The van der Waals surface area contributed by atoms with Crippen LogP contribution >= 0.6 is 0 Å². The van der Waals surface area contributed by atoms with Crippen molar-refractivity contribution in [1.82, 2.24) is 0 Å². The van der Waals surface area contributed by atoms with Gasteiger partial charge in [-0.1, -0.05) is 24.3 Å². The molecule has 0 aliphatic carbocycles. The first-order valence-corrected chi connectivity index (χ1v) is 6.00. The second-order valence-corrected chi connectivity index (χ2v) is 4.42. The van der Waals surface area contributed by atoms with Gasteiger partial charge in [-0.2, -0.15) is 0 Å². The van der Waals surface area contributed by atoms with Crippen molar-refractivity contribution in [1.29, 1.82) is 0 Å². The van der Waals surface area contributed by atoms with Gasteiger partial charge in [0, 0.05) is 6.07 Å². The van der Waals surface area contributed by atoms with Crippen molar-refractivity contribution in [2.75, 3.05) is 0 Å². The van der Waals surface area contributed by atoms with Crippen LogP contribution in [0.2, 0.25) is 0 Å². The third kappa shape index (κ3) is 2.46. The Labute approximate surface area is 123 Å². The molecule has 2 rings (SSSR count). The van der Waals surface area contributed by atoms with Gasteiger partial charge in [0.1, 0.15) is 0 Å². The highest BCUT2D eigenvalue weighted by Crippen LogP contribution is 2.43. The number of nitrogens with zero attached hydrogens (tertiary/aromatic N) is 3. The van der Waals surface area contributed by atoms with Gasteiger partial charge in [-0.25, -0.2) is 0 Å². The lowest BCUT2D eigenvalue weighted by molar-refractivity contribution is -0.440. The summed E-state index contributed by atoms with van der Waals surface area (Å²) in [7, 11) is 0. The number of hydrogen-bond acceptors (Lipinski definition) is 6. The van der Waals surface area contributed by atoms with E-state index in [-0.39, 0.29) is 5.56 Å². The van der Waals surface area contributed by atoms with E-state index in [9.17, 15) is 30.3 Å². The van der Waals surface area contributed by atoms with Crippen molar-refractivity contribution in [3.8, 4) is 11.1 Å². The van der Waals surface area contributed by atoms with Gasteiger partial charge in [-0.15, -0.1) is 0 Å². The van der Waals surface area contributed by atoms with Crippen LogP contribution in [0.5, 0.6) is 0 Å². The second-order valence-electron chi connectivity index (χ2n) is 4.42. The molecule has 0 fully saturated rings. The zero-order valence-corrected chi connectivity index (χ0v) is 11.3. The minimum absolute atomic E-state index is 0.0274. The molecule has 0 unspecified atom stereocenters. The lowest BCUT2D eigenvalue weighted by atomic mass is 9.98. The predicted molar refractivity (Wildman–Crippen MR) is 76.6 cm³/mol. The smallest absolute Gasteiger partial charge is 0.258 e. The quantitative estimate of drug-likeness (QED) is 0.628. The first-order valence-electron chi connectivity index (χ1n) is 6.00. The summed E-state index contributed by atoms with van der Waals surface area (Å²) in [6.45, 7) is 1.69. The molecular weight excluding hydrogens is 294 g/mol. The van der Waals surface area contributed by atoms with Gasteiger partial charge in [0.05, 0.1) is 20.3 Å². The molecule has 0 bridgehead atoms. The van der Waals surface area contributed by atoms with Crippen LogP contribution in [-0.4, -0.2) is 14.8 Å². The molecule has 0 aliphatic rings. The van der Waals surface area contributed by atoms with Crippen molar-refractivity contribution in [2.45, 2.75) is 6.92 Å². The predicted octanol–water partition coefficient (Wildman–Crippen LogP) is 3.39. The third-order valence-electron chi connectivity index (χ3n) is 3.13. The van der Waals surface area contributed by atoms with Crippen LogP contribution in [0.15, 0.2) is 36.4 Å². The average molecular weight is 303 g/mol. The molecule has 0 spiro atoms. The van der Waals surface area contributed by atoms with E-state index >= 15 is 0 Å². The fourth-order valence-corrected chi connectivity index (χ4v) is 2.17. The Balaban J connectivity index is 2.91. The number of nitro groups is 3. The maximum absolute atomic E-state index is 11.3. The zero-order valence-electron chi connectivity index (χ0n) is 11.3. The molecule has 0 radical (unpaired) electrons. The summed E-state index contributed by atoms with van der Waals surface area (Å²) < 4.78 is 0. The van der Waals surface area contributed by atoms with Gasteiger partial charge >= 0.3 is 17.1 Å². The molecule has 0 amide bonds.